The van der Waals surface area contributed by atoms with Crippen LogP contribution in [0, 0.1) is 0 Å². The number of carbonyl (C=O) groups is 1. The molecule has 37 heavy (non-hydrogen) atoms. The van der Waals surface area contributed by atoms with E-state index < -0.39 is 0 Å². The van der Waals surface area contributed by atoms with E-state index in [1.54, 1.807) is 4.52 Å². The number of pyridine rings is 1. The zero-order valence-electron chi connectivity index (χ0n) is 20.8. The van der Waals surface area contributed by atoms with Crippen LogP contribution in [-0.4, -0.2) is 55.1 Å². The van der Waals surface area contributed by atoms with Gasteiger partial charge in [0.1, 0.15) is 5.82 Å². The van der Waals surface area contributed by atoms with Crippen LogP contribution in [0.4, 0.5) is 5.82 Å². The number of nitrogen functional groups attached to an aromatic ring is 1. The van der Waals surface area contributed by atoms with Gasteiger partial charge in [0.25, 0.3) is 0 Å². The molecule has 1 amide bonds. The largest absolute Gasteiger partial charge is 0.384 e. The summed E-state index contributed by atoms with van der Waals surface area (Å²) < 4.78 is 1.71. The lowest BCUT2D eigenvalue weighted by Gasteiger charge is -2.40. The second-order valence-electron chi connectivity index (χ2n) is 10.6. The van der Waals surface area contributed by atoms with Gasteiger partial charge in [0.05, 0.1) is 17.9 Å². The molecular formula is C29H31N7O. The van der Waals surface area contributed by atoms with Gasteiger partial charge in [0, 0.05) is 52.6 Å². The Kier molecular flexibility index (Phi) is 5.43. The third-order valence-electron chi connectivity index (χ3n) is 8.43. The molecule has 1 aromatic carbocycles. The number of fused-ring (bicyclic) bond motifs is 3. The lowest BCUT2D eigenvalue weighted by molar-refractivity contribution is -0.137. The molecule has 8 nitrogen and oxygen atoms in total. The van der Waals surface area contributed by atoms with Gasteiger partial charge in [-0.05, 0) is 51.1 Å². The molecule has 6 heterocycles. The second kappa shape index (κ2) is 8.95. The number of nitrogens with one attached hydrogen (secondary N) is 1. The van der Waals surface area contributed by atoms with Crippen LogP contribution in [0.2, 0.25) is 0 Å². The summed E-state index contributed by atoms with van der Waals surface area (Å²) in [6.45, 7) is 0.948. The van der Waals surface area contributed by atoms with Crippen LogP contribution < -0.4 is 11.1 Å². The maximum atomic E-state index is 13.2. The van der Waals surface area contributed by atoms with Crippen LogP contribution in [0.15, 0.2) is 60.9 Å². The molecule has 3 aromatic heterocycles. The molecule has 3 N–H and O–H groups in total. The van der Waals surface area contributed by atoms with Crippen LogP contribution in [0.25, 0.3) is 28.0 Å². The van der Waals surface area contributed by atoms with Crippen molar-refractivity contribution in [2.24, 2.45) is 0 Å². The lowest BCUT2D eigenvalue weighted by Crippen LogP contribution is -2.52. The van der Waals surface area contributed by atoms with Gasteiger partial charge in [-0.1, -0.05) is 36.4 Å². The summed E-state index contributed by atoms with van der Waals surface area (Å²) in [5.74, 6) is 1.17. The predicted octanol–water partition coefficient (Wildman–Crippen LogP) is 4.03. The zero-order chi connectivity index (χ0) is 24.9. The van der Waals surface area contributed by atoms with E-state index in [-0.39, 0.29) is 24.0 Å². The number of aromatic nitrogens is 4. The van der Waals surface area contributed by atoms with E-state index in [1.165, 1.54) is 0 Å². The van der Waals surface area contributed by atoms with Gasteiger partial charge in [-0.25, -0.2) is 4.98 Å². The van der Waals surface area contributed by atoms with Crippen LogP contribution >= 0.6 is 0 Å². The predicted molar refractivity (Wildman–Crippen MR) is 143 cm³/mol. The average Bonchev–Trinajstić information content (AvgIpc) is 3.68. The van der Waals surface area contributed by atoms with E-state index >= 15 is 0 Å². The number of anilines is 1. The molecule has 3 saturated heterocycles. The van der Waals surface area contributed by atoms with Crippen molar-refractivity contribution >= 4 is 17.4 Å². The molecule has 2 bridgehead atoms. The fourth-order valence-corrected chi connectivity index (χ4v) is 6.61. The monoisotopic (exact) mass is 493 g/mol. The van der Waals surface area contributed by atoms with E-state index in [1.807, 2.05) is 42.7 Å². The molecule has 3 aliphatic rings. The van der Waals surface area contributed by atoms with Crippen LogP contribution in [0.3, 0.4) is 0 Å². The minimum atomic E-state index is 0.000935. The van der Waals surface area contributed by atoms with Gasteiger partial charge in [-0.15, -0.1) is 0 Å². The number of nitrogens with two attached hydrogens (primary N) is 1. The molecule has 7 rings (SSSR count). The first-order valence-electron chi connectivity index (χ1n) is 13.4. The Morgan fingerprint density at radius 2 is 1.78 bits per heavy atom. The molecule has 1 unspecified atom stereocenters. The van der Waals surface area contributed by atoms with E-state index in [2.05, 4.69) is 33.5 Å². The number of rotatable bonds is 4. The topological polar surface area (TPSA) is 101 Å². The molecule has 8 heteroatoms. The fraction of sp³-hybridized carbons (Fsp3) is 0.379. The van der Waals surface area contributed by atoms with Crippen molar-refractivity contribution in [3.05, 3.63) is 66.6 Å². The van der Waals surface area contributed by atoms with E-state index in [9.17, 15) is 4.79 Å². The third-order valence-corrected chi connectivity index (χ3v) is 8.43. The standard InChI is InChI=1S/C29H31N7O/c30-27-15-26(20-13-21-9-10-22(14-20)35(21)29(37)25-7-4-12-31-25)34-28-23(17-33-36(27)28)19-8-11-24(32-16-19)18-5-2-1-3-6-18/h1-3,5-6,8,11,15-17,20-22,25,31H,4,7,9-10,12-14,30H2/t20?,21-,22+,25-/m0/s1. The molecule has 4 atom stereocenters. The summed E-state index contributed by atoms with van der Waals surface area (Å²) in [7, 11) is 0. The van der Waals surface area contributed by atoms with Crippen molar-refractivity contribution in [3.63, 3.8) is 0 Å². The Morgan fingerprint density at radius 3 is 2.49 bits per heavy atom. The number of piperidine rings is 1. The SMILES string of the molecule is Nc1cc(C2C[C@H]3CC[C@@H](C2)N3C(=O)[C@@H]2CCCN2)nc2c(-c3ccc(-c4ccccc4)nc3)cnn12. The number of hydrogen-bond acceptors (Lipinski definition) is 6. The number of carbonyl (C=O) groups excluding carboxylic acids is 1. The maximum Gasteiger partial charge on any atom is 0.240 e. The van der Waals surface area contributed by atoms with Crippen LogP contribution in [-0.2, 0) is 4.79 Å². The third kappa shape index (κ3) is 3.87. The van der Waals surface area contributed by atoms with E-state index in [4.69, 9.17) is 15.7 Å². The number of nitrogens with zero attached hydrogens (tertiary/aromatic N) is 5. The van der Waals surface area contributed by atoms with Gasteiger partial charge < -0.3 is 16.0 Å². The van der Waals surface area contributed by atoms with Crippen molar-refractivity contribution in [1.29, 1.82) is 0 Å². The Balaban J connectivity index is 1.17. The second-order valence-corrected chi connectivity index (χ2v) is 10.6. The van der Waals surface area contributed by atoms with Crippen molar-refractivity contribution in [2.45, 2.75) is 62.6 Å². The van der Waals surface area contributed by atoms with Gasteiger partial charge in [-0.2, -0.15) is 9.61 Å². The summed E-state index contributed by atoms with van der Waals surface area (Å²) in [5, 5.41) is 7.91. The molecule has 188 valence electrons. The van der Waals surface area contributed by atoms with Crippen molar-refractivity contribution < 1.29 is 4.79 Å². The summed E-state index contributed by atoms with van der Waals surface area (Å²) in [4.78, 5) is 25.2. The number of amides is 1. The number of benzene rings is 1. The molecule has 0 spiro atoms. The van der Waals surface area contributed by atoms with Crippen molar-refractivity contribution in [3.8, 4) is 22.4 Å². The molecule has 0 radical (unpaired) electrons. The fourth-order valence-electron chi connectivity index (χ4n) is 6.61. The maximum absolute atomic E-state index is 13.2. The average molecular weight is 494 g/mol. The molecule has 0 saturated carbocycles. The van der Waals surface area contributed by atoms with E-state index in [0.29, 0.717) is 11.7 Å². The number of hydrogen-bond donors (Lipinski definition) is 2. The Hall–Kier alpha value is -3.78. The Bertz CT molecular complexity index is 1430. The van der Waals surface area contributed by atoms with Gasteiger partial charge in [-0.3, -0.25) is 9.78 Å². The van der Waals surface area contributed by atoms with Gasteiger partial charge in [0.2, 0.25) is 5.91 Å². The van der Waals surface area contributed by atoms with Gasteiger partial charge in [0.15, 0.2) is 5.65 Å². The van der Waals surface area contributed by atoms with Crippen molar-refractivity contribution in [1.82, 2.24) is 29.8 Å². The zero-order valence-corrected chi connectivity index (χ0v) is 20.8. The van der Waals surface area contributed by atoms with Crippen LogP contribution in [0.5, 0.6) is 0 Å². The normalized spacial score (nSPS) is 25.1. The first-order chi connectivity index (χ1) is 18.2. The molecular weight excluding hydrogens is 462 g/mol. The lowest BCUT2D eigenvalue weighted by atomic mass is 9.87. The summed E-state index contributed by atoms with van der Waals surface area (Å²) >= 11 is 0. The first kappa shape index (κ1) is 22.4. The van der Waals surface area contributed by atoms with Crippen LogP contribution in [0.1, 0.15) is 50.1 Å². The summed E-state index contributed by atoms with van der Waals surface area (Å²) in [5.41, 5.74) is 12.1. The molecule has 3 aliphatic heterocycles. The highest BCUT2D eigenvalue weighted by molar-refractivity contribution is 5.83. The minimum absolute atomic E-state index is 0.000935. The quantitative estimate of drug-likeness (QED) is 0.445. The highest BCUT2D eigenvalue weighted by atomic mass is 16.2. The Morgan fingerprint density at radius 1 is 0.973 bits per heavy atom. The smallest absolute Gasteiger partial charge is 0.240 e. The molecule has 0 aliphatic carbocycles. The highest BCUT2D eigenvalue weighted by Crippen LogP contribution is 2.44. The molecule has 4 aromatic rings. The summed E-state index contributed by atoms with van der Waals surface area (Å²) in [6.07, 6.45) is 9.78. The summed E-state index contributed by atoms with van der Waals surface area (Å²) in [6, 6.07) is 16.8. The highest BCUT2D eigenvalue weighted by Gasteiger charge is 2.45. The van der Waals surface area contributed by atoms with Gasteiger partial charge >= 0.3 is 0 Å². The van der Waals surface area contributed by atoms with E-state index in [0.717, 1.165) is 78.8 Å². The minimum Gasteiger partial charge on any atom is -0.384 e. The van der Waals surface area contributed by atoms with Crippen molar-refractivity contribution in [2.75, 3.05) is 12.3 Å². The first-order valence-corrected chi connectivity index (χ1v) is 13.4. The molecule has 3 fully saturated rings. The Labute approximate surface area is 215 Å².